The summed E-state index contributed by atoms with van der Waals surface area (Å²) in [6, 6.07) is 6.12. The van der Waals surface area contributed by atoms with Crippen molar-refractivity contribution in [2.24, 2.45) is 0 Å². The number of rotatable bonds is 5. The number of hydrogen-bond acceptors (Lipinski definition) is 4. The average Bonchev–Trinajstić information content (AvgIpc) is 3.06. The molecule has 100 valence electrons. The van der Waals surface area contributed by atoms with Gasteiger partial charge in [-0.2, -0.15) is 0 Å². The Bertz CT molecular complexity index is 570. The molecule has 6 heteroatoms. The fourth-order valence-corrected chi connectivity index (χ4v) is 1.64. The van der Waals surface area contributed by atoms with Gasteiger partial charge in [-0.05, 0) is 31.2 Å². The van der Waals surface area contributed by atoms with E-state index in [4.69, 9.17) is 13.9 Å². The van der Waals surface area contributed by atoms with Crippen LogP contribution in [-0.4, -0.2) is 28.4 Å². The van der Waals surface area contributed by atoms with Gasteiger partial charge >= 0.3 is 5.97 Å². The number of aromatic carboxylic acids is 1. The van der Waals surface area contributed by atoms with Gasteiger partial charge in [0.05, 0.1) is 12.8 Å². The van der Waals surface area contributed by atoms with Crippen LogP contribution in [0, 0.1) is 0 Å². The summed E-state index contributed by atoms with van der Waals surface area (Å²) in [5.74, 6) is -1.16. The van der Waals surface area contributed by atoms with Gasteiger partial charge in [-0.1, -0.05) is 0 Å². The van der Waals surface area contributed by atoms with Crippen LogP contribution in [-0.2, 0) is 6.54 Å². The highest BCUT2D eigenvalue weighted by Crippen LogP contribution is 2.13. The van der Waals surface area contributed by atoms with Crippen molar-refractivity contribution in [3.05, 3.63) is 47.8 Å². The van der Waals surface area contributed by atoms with Crippen molar-refractivity contribution in [2.75, 3.05) is 6.54 Å². The van der Waals surface area contributed by atoms with E-state index in [1.54, 1.807) is 12.1 Å². The third-order valence-corrected chi connectivity index (χ3v) is 2.62. The van der Waals surface area contributed by atoms with E-state index in [0.717, 1.165) is 0 Å². The third kappa shape index (κ3) is 2.85. The molecule has 0 unspecified atom stereocenters. The molecule has 2 aromatic rings. The molecule has 0 aliphatic carbocycles. The average molecular weight is 263 g/mol. The van der Waals surface area contributed by atoms with Crippen molar-refractivity contribution < 1.29 is 23.5 Å². The van der Waals surface area contributed by atoms with Crippen molar-refractivity contribution >= 4 is 11.9 Å². The first kappa shape index (κ1) is 12.9. The number of carbonyl (C=O) groups excluding carboxylic acids is 1. The van der Waals surface area contributed by atoms with E-state index >= 15 is 0 Å². The molecular formula is C13H13NO5. The summed E-state index contributed by atoms with van der Waals surface area (Å²) in [6.45, 7) is 2.59. The van der Waals surface area contributed by atoms with Crippen LogP contribution in [0.3, 0.4) is 0 Å². The van der Waals surface area contributed by atoms with Crippen LogP contribution in [0.15, 0.2) is 39.4 Å². The Morgan fingerprint density at radius 3 is 2.53 bits per heavy atom. The second-order valence-corrected chi connectivity index (χ2v) is 3.87. The lowest BCUT2D eigenvalue weighted by atomic mass is 10.3. The largest absolute Gasteiger partial charge is 0.475 e. The van der Waals surface area contributed by atoms with Crippen LogP contribution >= 0.6 is 0 Å². The predicted molar refractivity (Wildman–Crippen MR) is 64.8 cm³/mol. The lowest BCUT2D eigenvalue weighted by molar-refractivity contribution is 0.0646. The minimum absolute atomic E-state index is 0.00538. The fourth-order valence-electron chi connectivity index (χ4n) is 1.64. The summed E-state index contributed by atoms with van der Waals surface area (Å²) >= 11 is 0. The molecule has 1 amide bonds. The molecule has 0 aromatic carbocycles. The number of amides is 1. The van der Waals surface area contributed by atoms with Crippen LogP contribution in [0.25, 0.3) is 0 Å². The predicted octanol–water partition coefficient (Wildman–Crippen LogP) is 2.23. The van der Waals surface area contributed by atoms with Crippen LogP contribution in [0.4, 0.5) is 0 Å². The lowest BCUT2D eigenvalue weighted by Gasteiger charge is -2.17. The Hall–Kier alpha value is -2.50. The zero-order valence-corrected chi connectivity index (χ0v) is 10.3. The normalized spacial score (nSPS) is 10.4. The molecule has 0 spiro atoms. The minimum Gasteiger partial charge on any atom is -0.475 e. The van der Waals surface area contributed by atoms with E-state index < -0.39 is 5.97 Å². The Labute approximate surface area is 109 Å². The molecule has 1 N–H and O–H groups in total. The molecule has 19 heavy (non-hydrogen) atoms. The van der Waals surface area contributed by atoms with Crippen molar-refractivity contribution in [1.82, 2.24) is 4.90 Å². The molecule has 0 saturated heterocycles. The van der Waals surface area contributed by atoms with Gasteiger partial charge < -0.3 is 18.8 Å². The van der Waals surface area contributed by atoms with Crippen LogP contribution in [0.1, 0.15) is 33.8 Å². The molecule has 0 fully saturated rings. The number of carboxylic acid groups (broad SMARTS) is 1. The van der Waals surface area contributed by atoms with Gasteiger partial charge in [-0.25, -0.2) is 4.79 Å². The fraction of sp³-hybridized carbons (Fsp3) is 0.231. The molecule has 2 rings (SSSR count). The summed E-state index contributed by atoms with van der Waals surface area (Å²) in [7, 11) is 0. The standard InChI is InChI=1S/C13H13NO5/c1-2-14(8-9-4-3-7-18-9)12(15)10-5-6-11(19-10)13(16)17/h3-7H,2,8H2,1H3,(H,16,17). The molecule has 0 saturated carbocycles. The van der Waals surface area contributed by atoms with E-state index in [9.17, 15) is 9.59 Å². The SMILES string of the molecule is CCN(Cc1ccco1)C(=O)c1ccc(C(=O)O)o1. The van der Waals surface area contributed by atoms with Gasteiger partial charge in [-0.15, -0.1) is 0 Å². The first-order valence-corrected chi connectivity index (χ1v) is 5.76. The molecule has 2 aromatic heterocycles. The zero-order valence-electron chi connectivity index (χ0n) is 10.3. The maximum Gasteiger partial charge on any atom is 0.371 e. The molecule has 0 radical (unpaired) electrons. The number of nitrogens with zero attached hydrogens (tertiary/aromatic N) is 1. The molecule has 0 aliphatic heterocycles. The van der Waals surface area contributed by atoms with E-state index in [2.05, 4.69) is 0 Å². The van der Waals surface area contributed by atoms with Crippen molar-refractivity contribution in [3.8, 4) is 0 Å². The second-order valence-electron chi connectivity index (χ2n) is 3.87. The first-order valence-electron chi connectivity index (χ1n) is 5.76. The minimum atomic E-state index is -1.20. The van der Waals surface area contributed by atoms with Crippen molar-refractivity contribution in [1.29, 1.82) is 0 Å². The van der Waals surface area contributed by atoms with Gasteiger partial charge in [-0.3, -0.25) is 4.79 Å². The second kappa shape index (κ2) is 5.43. The number of carbonyl (C=O) groups is 2. The van der Waals surface area contributed by atoms with E-state index in [1.807, 2.05) is 6.92 Å². The van der Waals surface area contributed by atoms with Gasteiger partial charge in [0.2, 0.25) is 5.76 Å². The van der Waals surface area contributed by atoms with E-state index in [1.165, 1.54) is 23.3 Å². The Kier molecular flexibility index (Phi) is 3.70. The van der Waals surface area contributed by atoms with E-state index in [-0.39, 0.29) is 17.4 Å². The van der Waals surface area contributed by atoms with Gasteiger partial charge in [0, 0.05) is 6.54 Å². The highest BCUT2D eigenvalue weighted by Gasteiger charge is 2.20. The first-order chi connectivity index (χ1) is 9.11. The van der Waals surface area contributed by atoms with Gasteiger partial charge in [0.25, 0.3) is 5.91 Å². The maximum absolute atomic E-state index is 12.1. The summed E-state index contributed by atoms with van der Waals surface area (Å²) < 4.78 is 10.2. The molecule has 2 heterocycles. The molecule has 0 atom stereocenters. The molecule has 0 aliphatic rings. The quantitative estimate of drug-likeness (QED) is 0.894. The topological polar surface area (TPSA) is 83.9 Å². The summed E-state index contributed by atoms with van der Waals surface area (Å²) in [5, 5.41) is 8.75. The zero-order chi connectivity index (χ0) is 13.8. The van der Waals surface area contributed by atoms with Gasteiger partial charge in [0.1, 0.15) is 5.76 Å². The monoisotopic (exact) mass is 263 g/mol. The van der Waals surface area contributed by atoms with Crippen LogP contribution < -0.4 is 0 Å². The lowest BCUT2D eigenvalue weighted by Crippen LogP contribution is -2.29. The smallest absolute Gasteiger partial charge is 0.371 e. The Balaban J connectivity index is 2.13. The Morgan fingerprint density at radius 2 is 2.00 bits per heavy atom. The highest BCUT2D eigenvalue weighted by atomic mass is 16.4. The number of hydrogen-bond donors (Lipinski definition) is 1. The summed E-state index contributed by atoms with van der Waals surface area (Å²) in [5.41, 5.74) is 0. The highest BCUT2D eigenvalue weighted by molar-refractivity contribution is 5.93. The molecule has 6 nitrogen and oxygen atoms in total. The number of furan rings is 2. The van der Waals surface area contributed by atoms with Gasteiger partial charge in [0.15, 0.2) is 5.76 Å². The number of carboxylic acids is 1. The third-order valence-electron chi connectivity index (χ3n) is 2.62. The summed E-state index contributed by atoms with van der Waals surface area (Å²) in [6.07, 6.45) is 1.53. The van der Waals surface area contributed by atoms with Crippen molar-refractivity contribution in [2.45, 2.75) is 13.5 Å². The summed E-state index contributed by atoms with van der Waals surface area (Å²) in [4.78, 5) is 24.3. The molecule has 0 bridgehead atoms. The van der Waals surface area contributed by atoms with Crippen molar-refractivity contribution in [3.63, 3.8) is 0 Å². The van der Waals surface area contributed by atoms with E-state index in [0.29, 0.717) is 18.8 Å². The maximum atomic E-state index is 12.1. The van der Waals surface area contributed by atoms with Crippen LogP contribution in [0.2, 0.25) is 0 Å². The molecular weight excluding hydrogens is 250 g/mol. The Morgan fingerprint density at radius 1 is 1.26 bits per heavy atom. The van der Waals surface area contributed by atoms with Crippen LogP contribution in [0.5, 0.6) is 0 Å².